The van der Waals surface area contributed by atoms with Crippen molar-refractivity contribution in [2.45, 2.75) is 51.2 Å². The van der Waals surface area contributed by atoms with Gasteiger partial charge in [0, 0.05) is 43.0 Å². The fourth-order valence-electron chi connectivity index (χ4n) is 4.78. The third kappa shape index (κ3) is 4.06. The largest absolute Gasteiger partial charge is 0.372 e. The van der Waals surface area contributed by atoms with Crippen LogP contribution in [0, 0.1) is 11.8 Å². The number of benzene rings is 1. The van der Waals surface area contributed by atoms with E-state index >= 15 is 0 Å². The normalized spacial score (nSPS) is 31.0. The molecule has 3 fully saturated rings. The molecule has 2 heterocycles. The van der Waals surface area contributed by atoms with Crippen LogP contribution in [0.3, 0.4) is 0 Å². The predicted octanol–water partition coefficient (Wildman–Crippen LogP) is 3.32. The van der Waals surface area contributed by atoms with Gasteiger partial charge in [-0.15, -0.1) is 0 Å². The molecular weight excluding hydrogens is 376 g/mol. The Morgan fingerprint density at radius 3 is 2.29 bits per heavy atom. The molecule has 4 rings (SSSR count). The molecule has 0 radical (unpaired) electrons. The number of rotatable bonds is 3. The summed E-state index contributed by atoms with van der Waals surface area (Å²) in [6.07, 6.45) is 2.57. The van der Waals surface area contributed by atoms with E-state index in [1.54, 1.807) is 0 Å². The highest BCUT2D eigenvalue weighted by atomic mass is 35.5. The molecule has 1 saturated carbocycles. The van der Waals surface area contributed by atoms with E-state index in [1.165, 1.54) is 0 Å². The van der Waals surface area contributed by atoms with Gasteiger partial charge in [-0.3, -0.25) is 9.59 Å². The zero-order valence-corrected chi connectivity index (χ0v) is 17.4. The lowest BCUT2D eigenvalue weighted by Crippen LogP contribution is -2.52. The summed E-state index contributed by atoms with van der Waals surface area (Å²) in [6.45, 7) is 6.73. The Balaban J connectivity index is 1.29. The number of morpholine rings is 1. The number of carbonyl (C=O) groups is 2. The molecule has 0 N–H and O–H groups in total. The second-order valence-electron chi connectivity index (χ2n) is 8.57. The monoisotopic (exact) mass is 404 g/mol. The smallest absolute Gasteiger partial charge is 0.226 e. The quantitative estimate of drug-likeness (QED) is 0.776. The number of piperidine rings is 1. The van der Waals surface area contributed by atoms with Crippen LogP contribution in [0.4, 0.5) is 0 Å². The van der Waals surface area contributed by atoms with Crippen molar-refractivity contribution < 1.29 is 14.3 Å². The Bertz CT molecular complexity index is 737. The molecule has 5 nitrogen and oxygen atoms in total. The van der Waals surface area contributed by atoms with Crippen molar-refractivity contribution in [2.24, 2.45) is 11.8 Å². The first kappa shape index (κ1) is 19.7. The molecule has 6 heteroatoms. The average Bonchev–Trinajstić information content (AvgIpc) is 3.47. The highest BCUT2D eigenvalue weighted by molar-refractivity contribution is 6.31. The molecule has 2 amide bonds. The lowest BCUT2D eigenvalue weighted by molar-refractivity contribution is -0.150. The number of ether oxygens (including phenoxy) is 1. The van der Waals surface area contributed by atoms with Crippen molar-refractivity contribution in [2.75, 3.05) is 26.2 Å². The molecule has 1 aromatic carbocycles. The average molecular weight is 405 g/mol. The summed E-state index contributed by atoms with van der Waals surface area (Å²) in [5.74, 6) is 0.781. The second-order valence-corrected chi connectivity index (χ2v) is 8.98. The molecule has 0 bridgehead atoms. The Kier molecular flexibility index (Phi) is 5.66. The first-order valence-corrected chi connectivity index (χ1v) is 10.8. The first-order valence-electron chi connectivity index (χ1n) is 10.4. The molecule has 0 spiro atoms. The number of halogens is 1. The summed E-state index contributed by atoms with van der Waals surface area (Å²) >= 11 is 6.29. The maximum Gasteiger partial charge on any atom is 0.226 e. The summed E-state index contributed by atoms with van der Waals surface area (Å²) in [4.78, 5) is 29.7. The third-order valence-corrected chi connectivity index (χ3v) is 6.64. The fraction of sp³-hybridized carbons (Fsp3) is 0.636. The van der Waals surface area contributed by atoms with Crippen LogP contribution in [0.15, 0.2) is 24.3 Å². The topological polar surface area (TPSA) is 49.9 Å². The second kappa shape index (κ2) is 8.03. The minimum absolute atomic E-state index is 0.0279. The van der Waals surface area contributed by atoms with Gasteiger partial charge >= 0.3 is 0 Å². The maximum atomic E-state index is 12.9. The number of hydrogen-bond acceptors (Lipinski definition) is 3. The highest BCUT2D eigenvalue weighted by Crippen LogP contribution is 2.50. The molecular formula is C22H29ClN2O3. The van der Waals surface area contributed by atoms with Crippen LogP contribution in [-0.4, -0.2) is 60.0 Å². The number of amides is 2. The zero-order valence-electron chi connectivity index (χ0n) is 16.6. The zero-order chi connectivity index (χ0) is 19.8. The number of nitrogens with zero attached hydrogens (tertiary/aromatic N) is 2. The van der Waals surface area contributed by atoms with Crippen molar-refractivity contribution in [3.63, 3.8) is 0 Å². The summed E-state index contributed by atoms with van der Waals surface area (Å²) in [6, 6.07) is 7.81. The van der Waals surface area contributed by atoms with Gasteiger partial charge in [0.2, 0.25) is 11.8 Å². The van der Waals surface area contributed by atoms with Crippen LogP contribution in [0.1, 0.15) is 44.6 Å². The maximum absolute atomic E-state index is 12.9. The Morgan fingerprint density at radius 1 is 1.00 bits per heavy atom. The van der Waals surface area contributed by atoms with Crippen LogP contribution < -0.4 is 0 Å². The summed E-state index contributed by atoms with van der Waals surface area (Å²) in [5.41, 5.74) is 1.09. The van der Waals surface area contributed by atoms with Gasteiger partial charge in [-0.2, -0.15) is 0 Å². The SMILES string of the molecule is CC1CN(C(=O)C2CCN(C(=O)C3CC3c3ccccc3Cl)CC2)CC(C)O1. The van der Waals surface area contributed by atoms with E-state index in [2.05, 4.69) is 0 Å². The number of carbonyl (C=O) groups excluding carboxylic acids is 2. The van der Waals surface area contributed by atoms with E-state index in [0.29, 0.717) is 26.2 Å². The van der Waals surface area contributed by atoms with Gasteiger partial charge in [0.15, 0.2) is 0 Å². The summed E-state index contributed by atoms with van der Waals surface area (Å²) < 4.78 is 5.73. The van der Waals surface area contributed by atoms with Gasteiger partial charge in [-0.1, -0.05) is 29.8 Å². The molecule has 4 atom stereocenters. The molecule has 1 aliphatic carbocycles. The first-order chi connectivity index (χ1) is 13.4. The molecule has 1 aromatic rings. The van der Waals surface area contributed by atoms with Crippen molar-refractivity contribution in [1.82, 2.24) is 9.80 Å². The number of hydrogen-bond donors (Lipinski definition) is 0. The van der Waals surface area contributed by atoms with Crippen LogP contribution in [0.2, 0.25) is 5.02 Å². The minimum Gasteiger partial charge on any atom is -0.372 e. The van der Waals surface area contributed by atoms with E-state index in [4.69, 9.17) is 16.3 Å². The summed E-state index contributed by atoms with van der Waals surface area (Å²) in [5, 5.41) is 0.751. The number of likely N-dealkylation sites (tertiary alicyclic amines) is 1. The molecule has 3 aliphatic rings. The molecule has 152 valence electrons. The molecule has 2 aliphatic heterocycles. The fourth-order valence-corrected chi connectivity index (χ4v) is 5.06. The molecule has 2 saturated heterocycles. The molecule has 4 unspecified atom stereocenters. The van der Waals surface area contributed by atoms with E-state index < -0.39 is 0 Å². The Labute approximate surface area is 172 Å². The van der Waals surface area contributed by atoms with Crippen LogP contribution in [-0.2, 0) is 14.3 Å². The van der Waals surface area contributed by atoms with Crippen molar-refractivity contribution >= 4 is 23.4 Å². The molecule has 0 aromatic heterocycles. The Hall–Kier alpha value is -1.59. The molecule has 28 heavy (non-hydrogen) atoms. The van der Waals surface area contributed by atoms with E-state index in [1.807, 2.05) is 47.9 Å². The van der Waals surface area contributed by atoms with Crippen LogP contribution in [0.25, 0.3) is 0 Å². The van der Waals surface area contributed by atoms with Gasteiger partial charge in [-0.25, -0.2) is 0 Å². The van der Waals surface area contributed by atoms with Gasteiger partial charge in [0.25, 0.3) is 0 Å². The van der Waals surface area contributed by atoms with Gasteiger partial charge in [-0.05, 0) is 50.7 Å². The lowest BCUT2D eigenvalue weighted by atomic mass is 9.94. The van der Waals surface area contributed by atoms with Crippen molar-refractivity contribution in [3.8, 4) is 0 Å². The van der Waals surface area contributed by atoms with Gasteiger partial charge in [0.1, 0.15) is 0 Å². The highest BCUT2D eigenvalue weighted by Gasteiger charge is 2.47. The van der Waals surface area contributed by atoms with E-state index in [9.17, 15) is 9.59 Å². The van der Waals surface area contributed by atoms with E-state index in [0.717, 1.165) is 29.8 Å². The third-order valence-electron chi connectivity index (χ3n) is 6.30. The van der Waals surface area contributed by atoms with Crippen molar-refractivity contribution in [3.05, 3.63) is 34.9 Å². The standard InChI is InChI=1S/C22H29ClN2O3/c1-14-12-25(13-15(2)28-14)21(26)16-7-9-24(10-8-16)22(27)19-11-18(19)17-5-3-4-6-20(17)23/h3-6,14-16,18-19H,7-13H2,1-2H3. The predicted molar refractivity (Wildman–Crippen MR) is 108 cm³/mol. The van der Waals surface area contributed by atoms with Crippen LogP contribution >= 0.6 is 11.6 Å². The van der Waals surface area contributed by atoms with E-state index in [-0.39, 0.29) is 41.8 Å². The summed E-state index contributed by atoms with van der Waals surface area (Å²) in [7, 11) is 0. The van der Waals surface area contributed by atoms with Gasteiger partial charge < -0.3 is 14.5 Å². The lowest BCUT2D eigenvalue weighted by Gasteiger charge is -2.39. The van der Waals surface area contributed by atoms with Crippen molar-refractivity contribution in [1.29, 1.82) is 0 Å². The van der Waals surface area contributed by atoms with Crippen LogP contribution in [0.5, 0.6) is 0 Å². The Morgan fingerprint density at radius 2 is 1.64 bits per heavy atom. The van der Waals surface area contributed by atoms with Gasteiger partial charge in [0.05, 0.1) is 12.2 Å². The minimum atomic E-state index is 0.0279.